The third-order valence-corrected chi connectivity index (χ3v) is 4.75. The lowest BCUT2D eigenvalue weighted by atomic mass is 10.2. The summed E-state index contributed by atoms with van der Waals surface area (Å²) >= 11 is 3.39. The zero-order chi connectivity index (χ0) is 19.5. The molecule has 6 heteroatoms. The molecule has 3 aromatic carbocycles. The molecule has 0 fully saturated rings. The molecule has 138 valence electrons. The summed E-state index contributed by atoms with van der Waals surface area (Å²) in [6.45, 7) is 2.03. The smallest absolute Gasteiger partial charge is 0.295 e. The first-order valence-electron chi connectivity index (χ1n) is 8.76. The Balaban J connectivity index is 1.73. The summed E-state index contributed by atoms with van der Waals surface area (Å²) < 4.78 is 2.64. The topological polar surface area (TPSA) is 59.8 Å². The standard InChI is InChI=1S/C22H17BrN4O/c1-15-7-13-19(14-8-15)27-21(16-5-3-2-4-6-16)25-20(26-27)22(28)24-18-11-9-17(23)10-12-18/h2-14H,1H3,(H,24,28). The van der Waals surface area contributed by atoms with Crippen molar-refractivity contribution in [3.05, 3.63) is 94.7 Å². The first kappa shape index (κ1) is 18.1. The average molecular weight is 433 g/mol. The zero-order valence-electron chi connectivity index (χ0n) is 15.1. The van der Waals surface area contributed by atoms with E-state index in [1.54, 1.807) is 4.68 Å². The van der Waals surface area contributed by atoms with Crippen LogP contribution in [0.25, 0.3) is 17.1 Å². The van der Waals surface area contributed by atoms with Gasteiger partial charge < -0.3 is 5.32 Å². The molecule has 0 saturated carbocycles. The van der Waals surface area contributed by atoms with E-state index in [2.05, 4.69) is 31.3 Å². The molecular formula is C22H17BrN4O. The number of aromatic nitrogens is 3. The molecule has 1 amide bonds. The van der Waals surface area contributed by atoms with Crippen LogP contribution in [0.3, 0.4) is 0 Å². The van der Waals surface area contributed by atoms with Gasteiger partial charge in [0.05, 0.1) is 5.69 Å². The SMILES string of the molecule is Cc1ccc(-n2nc(C(=O)Nc3ccc(Br)cc3)nc2-c2ccccc2)cc1. The van der Waals surface area contributed by atoms with E-state index < -0.39 is 0 Å². The molecule has 1 aromatic heterocycles. The molecule has 1 N–H and O–H groups in total. The van der Waals surface area contributed by atoms with Crippen molar-refractivity contribution in [1.29, 1.82) is 0 Å². The molecule has 0 radical (unpaired) electrons. The van der Waals surface area contributed by atoms with Crippen molar-refractivity contribution in [1.82, 2.24) is 14.8 Å². The van der Waals surface area contributed by atoms with Gasteiger partial charge >= 0.3 is 0 Å². The van der Waals surface area contributed by atoms with Gasteiger partial charge in [-0.15, -0.1) is 5.10 Å². The molecular weight excluding hydrogens is 416 g/mol. The van der Waals surface area contributed by atoms with Crippen molar-refractivity contribution in [2.45, 2.75) is 6.92 Å². The van der Waals surface area contributed by atoms with Gasteiger partial charge in [-0.05, 0) is 43.3 Å². The number of hydrogen-bond donors (Lipinski definition) is 1. The lowest BCUT2D eigenvalue weighted by Crippen LogP contribution is -2.14. The van der Waals surface area contributed by atoms with Crippen LogP contribution < -0.4 is 5.32 Å². The van der Waals surface area contributed by atoms with Crippen LogP contribution in [0.1, 0.15) is 16.2 Å². The first-order valence-corrected chi connectivity index (χ1v) is 9.56. The van der Waals surface area contributed by atoms with Gasteiger partial charge in [0.2, 0.25) is 5.82 Å². The minimum Gasteiger partial charge on any atom is -0.319 e. The van der Waals surface area contributed by atoms with Crippen LogP contribution in [0.2, 0.25) is 0 Å². The normalized spacial score (nSPS) is 10.6. The van der Waals surface area contributed by atoms with Crippen LogP contribution >= 0.6 is 15.9 Å². The number of rotatable bonds is 4. The number of anilines is 1. The second-order valence-electron chi connectivity index (χ2n) is 6.33. The molecule has 28 heavy (non-hydrogen) atoms. The maximum atomic E-state index is 12.7. The predicted octanol–water partition coefficient (Wildman–Crippen LogP) is 5.26. The predicted molar refractivity (Wildman–Crippen MR) is 114 cm³/mol. The van der Waals surface area contributed by atoms with Gasteiger partial charge in [0.15, 0.2) is 5.82 Å². The van der Waals surface area contributed by atoms with E-state index in [-0.39, 0.29) is 11.7 Å². The Morgan fingerprint density at radius 2 is 1.61 bits per heavy atom. The van der Waals surface area contributed by atoms with E-state index >= 15 is 0 Å². The highest BCUT2D eigenvalue weighted by Crippen LogP contribution is 2.22. The van der Waals surface area contributed by atoms with Crippen molar-refractivity contribution >= 4 is 27.5 Å². The number of hydrogen-bond acceptors (Lipinski definition) is 3. The highest BCUT2D eigenvalue weighted by Gasteiger charge is 2.19. The van der Waals surface area contributed by atoms with Crippen molar-refractivity contribution in [2.75, 3.05) is 5.32 Å². The molecule has 0 aliphatic rings. The Hall–Kier alpha value is -3.25. The number of aryl methyl sites for hydroxylation is 1. The van der Waals surface area contributed by atoms with Gasteiger partial charge in [0.25, 0.3) is 5.91 Å². The fraction of sp³-hybridized carbons (Fsp3) is 0.0455. The van der Waals surface area contributed by atoms with E-state index in [0.717, 1.165) is 21.3 Å². The molecule has 0 unspecified atom stereocenters. The zero-order valence-corrected chi connectivity index (χ0v) is 16.7. The Labute approximate surface area is 171 Å². The highest BCUT2D eigenvalue weighted by molar-refractivity contribution is 9.10. The molecule has 4 aromatic rings. The van der Waals surface area contributed by atoms with Crippen molar-refractivity contribution in [2.24, 2.45) is 0 Å². The summed E-state index contributed by atoms with van der Waals surface area (Å²) in [6, 6.07) is 25.0. The Morgan fingerprint density at radius 1 is 0.929 bits per heavy atom. The highest BCUT2D eigenvalue weighted by atomic mass is 79.9. The van der Waals surface area contributed by atoms with Crippen molar-refractivity contribution in [3.63, 3.8) is 0 Å². The molecule has 0 aliphatic heterocycles. The number of amides is 1. The van der Waals surface area contributed by atoms with Gasteiger partial charge in [-0.25, -0.2) is 9.67 Å². The molecule has 0 aliphatic carbocycles. The number of carbonyl (C=O) groups is 1. The van der Waals surface area contributed by atoms with E-state index in [4.69, 9.17) is 0 Å². The summed E-state index contributed by atoms with van der Waals surface area (Å²) in [6.07, 6.45) is 0. The lowest BCUT2D eigenvalue weighted by Gasteiger charge is -2.06. The second-order valence-corrected chi connectivity index (χ2v) is 7.25. The van der Waals surface area contributed by atoms with Crippen LogP contribution in [0.4, 0.5) is 5.69 Å². The van der Waals surface area contributed by atoms with E-state index in [1.807, 2.05) is 85.8 Å². The summed E-state index contributed by atoms with van der Waals surface area (Å²) in [5.41, 5.74) is 3.57. The van der Waals surface area contributed by atoms with E-state index in [1.165, 1.54) is 0 Å². The average Bonchev–Trinajstić information content (AvgIpc) is 3.16. The molecule has 0 atom stereocenters. The fourth-order valence-corrected chi connectivity index (χ4v) is 3.03. The summed E-state index contributed by atoms with van der Waals surface area (Å²) in [5, 5.41) is 7.32. The maximum Gasteiger partial charge on any atom is 0.295 e. The first-order chi connectivity index (χ1) is 13.6. The number of halogens is 1. The monoisotopic (exact) mass is 432 g/mol. The minimum atomic E-state index is -0.356. The Kier molecular flexibility index (Phi) is 5.04. The molecule has 0 bridgehead atoms. The number of nitrogens with zero attached hydrogens (tertiary/aromatic N) is 3. The summed E-state index contributed by atoms with van der Waals surface area (Å²) in [7, 11) is 0. The van der Waals surface area contributed by atoms with Gasteiger partial charge in [0, 0.05) is 15.7 Å². The van der Waals surface area contributed by atoms with Crippen molar-refractivity contribution < 1.29 is 4.79 Å². The van der Waals surface area contributed by atoms with Crippen LogP contribution in [0, 0.1) is 6.92 Å². The molecule has 0 spiro atoms. The Bertz CT molecular complexity index is 1100. The number of nitrogens with one attached hydrogen (secondary N) is 1. The van der Waals surface area contributed by atoms with E-state index in [9.17, 15) is 4.79 Å². The molecule has 4 rings (SSSR count). The summed E-state index contributed by atoms with van der Waals surface area (Å²) in [5.74, 6) is 0.373. The van der Waals surface area contributed by atoms with Gasteiger partial charge in [-0.2, -0.15) is 0 Å². The lowest BCUT2D eigenvalue weighted by molar-refractivity contribution is 0.101. The van der Waals surface area contributed by atoms with Crippen LogP contribution in [-0.2, 0) is 0 Å². The maximum absolute atomic E-state index is 12.7. The number of benzene rings is 3. The number of carbonyl (C=O) groups excluding carboxylic acids is 1. The minimum absolute atomic E-state index is 0.113. The summed E-state index contributed by atoms with van der Waals surface area (Å²) in [4.78, 5) is 17.2. The molecule has 1 heterocycles. The third kappa shape index (κ3) is 3.87. The Morgan fingerprint density at radius 3 is 2.29 bits per heavy atom. The van der Waals surface area contributed by atoms with Crippen LogP contribution in [-0.4, -0.2) is 20.7 Å². The van der Waals surface area contributed by atoms with Crippen LogP contribution in [0.15, 0.2) is 83.3 Å². The van der Waals surface area contributed by atoms with Crippen LogP contribution in [0.5, 0.6) is 0 Å². The quantitative estimate of drug-likeness (QED) is 0.478. The molecule has 0 saturated heterocycles. The van der Waals surface area contributed by atoms with Gasteiger partial charge in [0.1, 0.15) is 0 Å². The van der Waals surface area contributed by atoms with Gasteiger partial charge in [-0.3, -0.25) is 4.79 Å². The fourth-order valence-electron chi connectivity index (χ4n) is 2.77. The van der Waals surface area contributed by atoms with E-state index in [0.29, 0.717) is 11.5 Å². The molecule has 5 nitrogen and oxygen atoms in total. The van der Waals surface area contributed by atoms with Gasteiger partial charge in [-0.1, -0.05) is 64.0 Å². The largest absolute Gasteiger partial charge is 0.319 e. The van der Waals surface area contributed by atoms with Crippen molar-refractivity contribution in [3.8, 4) is 17.1 Å². The third-order valence-electron chi connectivity index (χ3n) is 4.22. The second kappa shape index (κ2) is 7.78.